The van der Waals surface area contributed by atoms with Crippen LogP contribution in [-0.2, 0) is 11.2 Å². The van der Waals surface area contributed by atoms with Crippen LogP contribution in [0.5, 0.6) is 5.88 Å². The summed E-state index contributed by atoms with van der Waals surface area (Å²) in [4.78, 5) is 19.5. The standard InChI is InChI=1S/C18H21N5O3/c1-25-17-12-13(26-21-17)5-6-18(24)22-10-3-2-4-15(22)14-8-11-23-16(20-14)7-9-19-23/h7-9,11-12,15H,2-6,10H2,1H3/t15-/m1/s1. The van der Waals surface area contributed by atoms with Crippen molar-refractivity contribution >= 4 is 11.6 Å². The number of piperidine rings is 1. The number of aryl methyl sites for hydroxylation is 1. The van der Waals surface area contributed by atoms with Crippen molar-refractivity contribution < 1.29 is 14.1 Å². The predicted octanol–water partition coefficient (Wildman–Crippen LogP) is 2.41. The van der Waals surface area contributed by atoms with Gasteiger partial charge in [0.25, 0.3) is 5.88 Å². The second-order valence-electron chi connectivity index (χ2n) is 6.42. The normalized spacial score (nSPS) is 17.6. The van der Waals surface area contributed by atoms with Crippen molar-refractivity contribution in [2.24, 2.45) is 0 Å². The van der Waals surface area contributed by atoms with Crippen molar-refractivity contribution in [1.29, 1.82) is 0 Å². The highest BCUT2D eigenvalue weighted by Crippen LogP contribution is 2.30. The summed E-state index contributed by atoms with van der Waals surface area (Å²) in [5, 5.41) is 7.95. The molecule has 3 aromatic heterocycles. The number of hydrogen-bond acceptors (Lipinski definition) is 6. The zero-order valence-electron chi connectivity index (χ0n) is 14.7. The fraction of sp³-hybridized carbons (Fsp3) is 0.444. The summed E-state index contributed by atoms with van der Waals surface area (Å²) in [6.45, 7) is 0.759. The molecule has 1 atom stereocenters. The minimum absolute atomic E-state index is 0.0143. The number of methoxy groups -OCH3 is 1. The summed E-state index contributed by atoms with van der Waals surface area (Å²) in [5.41, 5.74) is 1.72. The maximum absolute atomic E-state index is 12.8. The van der Waals surface area contributed by atoms with E-state index in [4.69, 9.17) is 9.26 Å². The Morgan fingerprint density at radius 1 is 1.38 bits per heavy atom. The third-order valence-corrected chi connectivity index (χ3v) is 4.78. The molecule has 8 nitrogen and oxygen atoms in total. The van der Waals surface area contributed by atoms with Gasteiger partial charge in [-0.25, -0.2) is 9.50 Å². The van der Waals surface area contributed by atoms with Gasteiger partial charge in [-0.3, -0.25) is 4.79 Å². The van der Waals surface area contributed by atoms with Crippen LogP contribution in [0.3, 0.4) is 0 Å². The smallest absolute Gasteiger partial charge is 0.254 e. The van der Waals surface area contributed by atoms with Crippen LogP contribution in [0.15, 0.2) is 35.1 Å². The molecule has 0 unspecified atom stereocenters. The minimum atomic E-state index is 0.0143. The van der Waals surface area contributed by atoms with Crippen LogP contribution < -0.4 is 4.74 Å². The monoisotopic (exact) mass is 355 g/mol. The summed E-state index contributed by atoms with van der Waals surface area (Å²) < 4.78 is 11.9. The topological polar surface area (TPSA) is 85.8 Å². The second kappa shape index (κ2) is 7.15. The molecule has 1 amide bonds. The molecule has 1 fully saturated rings. The van der Waals surface area contributed by atoms with Crippen LogP contribution in [0, 0.1) is 0 Å². The highest BCUT2D eigenvalue weighted by molar-refractivity contribution is 5.77. The minimum Gasteiger partial charge on any atom is -0.479 e. The molecule has 0 spiro atoms. The third kappa shape index (κ3) is 3.26. The van der Waals surface area contributed by atoms with E-state index in [1.165, 1.54) is 7.11 Å². The Kier molecular flexibility index (Phi) is 4.55. The molecule has 0 radical (unpaired) electrons. The van der Waals surface area contributed by atoms with Gasteiger partial charge in [0.2, 0.25) is 5.91 Å². The summed E-state index contributed by atoms with van der Waals surface area (Å²) in [7, 11) is 1.54. The molecule has 136 valence electrons. The van der Waals surface area contributed by atoms with E-state index in [1.54, 1.807) is 16.8 Å². The van der Waals surface area contributed by atoms with Gasteiger partial charge in [0.1, 0.15) is 5.76 Å². The first-order valence-electron chi connectivity index (χ1n) is 8.84. The number of ether oxygens (including phenoxy) is 1. The van der Waals surface area contributed by atoms with Crippen molar-refractivity contribution in [3.63, 3.8) is 0 Å². The number of nitrogens with zero attached hydrogens (tertiary/aromatic N) is 5. The Morgan fingerprint density at radius 2 is 2.31 bits per heavy atom. The number of likely N-dealkylation sites (tertiary alicyclic amines) is 1. The number of fused-ring (bicyclic) bond motifs is 1. The first kappa shape index (κ1) is 16.6. The van der Waals surface area contributed by atoms with E-state index >= 15 is 0 Å². The lowest BCUT2D eigenvalue weighted by Gasteiger charge is -2.35. The van der Waals surface area contributed by atoms with Crippen molar-refractivity contribution in [3.05, 3.63) is 42.0 Å². The molecule has 26 heavy (non-hydrogen) atoms. The van der Waals surface area contributed by atoms with Crippen molar-refractivity contribution in [2.75, 3.05) is 13.7 Å². The van der Waals surface area contributed by atoms with Crippen LogP contribution in [0.1, 0.15) is 43.2 Å². The molecule has 4 heterocycles. The summed E-state index contributed by atoms with van der Waals surface area (Å²) in [5.74, 6) is 1.20. The highest BCUT2D eigenvalue weighted by Gasteiger charge is 2.29. The number of carbonyl (C=O) groups is 1. The average Bonchev–Trinajstić information content (AvgIpc) is 3.34. The maximum Gasteiger partial charge on any atom is 0.254 e. The van der Waals surface area contributed by atoms with E-state index in [0.717, 1.165) is 37.1 Å². The zero-order chi connectivity index (χ0) is 17.9. The molecular formula is C18H21N5O3. The molecule has 0 bridgehead atoms. The number of amides is 1. The van der Waals surface area contributed by atoms with Crippen molar-refractivity contribution in [2.45, 2.75) is 38.1 Å². The SMILES string of the molecule is COc1cc(CCC(=O)N2CCCC[C@@H]2c2ccn3nccc3n2)on1. The van der Waals surface area contributed by atoms with Gasteiger partial charge in [0.05, 0.1) is 25.0 Å². The third-order valence-electron chi connectivity index (χ3n) is 4.78. The first-order chi connectivity index (χ1) is 12.7. The van der Waals surface area contributed by atoms with Gasteiger partial charge in [0.15, 0.2) is 5.65 Å². The Morgan fingerprint density at radius 3 is 3.15 bits per heavy atom. The van der Waals surface area contributed by atoms with E-state index in [9.17, 15) is 4.79 Å². The van der Waals surface area contributed by atoms with Gasteiger partial charge >= 0.3 is 0 Å². The molecule has 1 saturated heterocycles. The van der Waals surface area contributed by atoms with Gasteiger partial charge in [-0.1, -0.05) is 0 Å². The summed E-state index contributed by atoms with van der Waals surface area (Å²) >= 11 is 0. The summed E-state index contributed by atoms with van der Waals surface area (Å²) in [6.07, 6.45) is 7.56. The molecule has 0 N–H and O–H groups in total. The molecule has 0 aliphatic carbocycles. The van der Waals surface area contributed by atoms with E-state index in [0.29, 0.717) is 24.5 Å². The van der Waals surface area contributed by atoms with Crippen molar-refractivity contribution in [1.82, 2.24) is 24.7 Å². The Balaban J connectivity index is 1.48. The van der Waals surface area contributed by atoms with Crippen LogP contribution in [0.2, 0.25) is 0 Å². The predicted molar refractivity (Wildman–Crippen MR) is 92.7 cm³/mol. The lowest BCUT2D eigenvalue weighted by atomic mass is 9.98. The van der Waals surface area contributed by atoms with Gasteiger partial charge in [0, 0.05) is 37.7 Å². The van der Waals surface area contributed by atoms with Crippen LogP contribution >= 0.6 is 0 Å². The van der Waals surface area contributed by atoms with Crippen molar-refractivity contribution in [3.8, 4) is 5.88 Å². The number of rotatable bonds is 5. The lowest BCUT2D eigenvalue weighted by Crippen LogP contribution is -2.39. The summed E-state index contributed by atoms with van der Waals surface area (Å²) in [6, 6.07) is 5.56. The largest absolute Gasteiger partial charge is 0.479 e. The molecule has 1 aliphatic rings. The second-order valence-corrected chi connectivity index (χ2v) is 6.42. The van der Waals surface area contributed by atoms with Gasteiger partial charge in [-0.15, -0.1) is 0 Å². The molecular weight excluding hydrogens is 334 g/mol. The molecule has 0 saturated carbocycles. The average molecular weight is 355 g/mol. The first-order valence-corrected chi connectivity index (χ1v) is 8.84. The quantitative estimate of drug-likeness (QED) is 0.699. The van der Waals surface area contributed by atoms with Gasteiger partial charge < -0.3 is 14.2 Å². The zero-order valence-corrected chi connectivity index (χ0v) is 14.7. The fourth-order valence-electron chi connectivity index (χ4n) is 3.43. The van der Waals surface area contributed by atoms with E-state index in [-0.39, 0.29) is 11.9 Å². The van der Waals surface area contributed by atoms with E-state index in [2.05, 4.69) is 15.2 Å². The van der Waals surface area contributed by atoms with Crippen LogP contribution in [0.25, 0.3) is 5.65 Å². The Bertz CT molecular complexity index is 903. The number of hydrogen-bond donors (Lipinski definition) is 0. The van der Waals surface area contributed by atoms with E-state index in [1.807, 2.05) is 23.2 Å². The molecule has 8 heteroatoms. The lowest BCUT2D eigenvalue weighted by molar-refractivity contribution is -0.135. The van der Waals surface area contributed by atoms with Crippen LogP contribution in [-0.4, -0.2) is 44.2 Å². The van der Waals surface area contributed by atoms with Gasteiger partial charge in [-0.05, 0) is 30.5 Å². The number of carbonyl (C=O) groups excluding carboxylic acids is 1. The molecule has 0 aromatic carbocycles. The fourth-order valence-corrected chi connectivity index (χ4v) is 3.43. The molecule has 1 aliphatic heterocycles. The Hall–Kier alpha value is -2.90. The molecule has 4 rings (SSSR count). The maximum atomic E-state index is 12.8. The Labute approximate surface area is 150 Å². The van der Waals surface area contributed by atoms with Crippen LogP contribution in [0.4, 0.5) is 0 Å². The molecule has 3 aromatic rings. The highest BCUT2D eigenvalue weighted by atomic mass is 16.5. The van der Waals surface area contributed by atoms with Gasteiger partial charge in [-0.2, -0.15) is 5.10 Å². The van der Waals surface area contributed by atoms with E-state index < -0.39 is 0 Å². The number of aromatic nitrogens is 4.